The Bertz CT molecular complexity index is 1270. The summed E-state index contributed by atoms with van der Waals surface area (Å²) in [5.41, 5.74) is 11.1. The van der Waals surface area contributed by atoms with Crippen molar-refractivity contribution in [3.05, 3.63) is 24.3 Å². The Morgan fingerprint density at radius 1 is 0.485 bits per heavy atom. The van der Waals surface area contributed by atoms with Crippen LogP contribution in [0, 0.1) is 0 Å². The minimum Gasteiger partial charge on any atom is -0.460 e. The fourth-order valence-corrected chi connectivity index (χ4v) is 6.97. The second-order valence-electron chi connectivity index (χ2n) is 17.0. The molecule has 0 fully saturated rings. The van der Waals surface area contributed by atoms with Gasteiger partial charge in [-0.05, 0) is 89.9 Å². The van der Waals surface area contributed by atoms with Crippen molar-refractivity contribution >= 4 is 35.7 Å². The summed E-state index contributed by atoms with van der Waals surface area (Å²) in [5, 5.41) is 44.0. The van der Waals surface area contributed by atoms with Gasteiger partial charge in [0.2, 0.25) is 11.8 Å². The maximum atomic E-state index is 12.3. The van der Waals surface area contributed by atoms with Gasteiger partial charge in [-0.3, -0.25) is 29.0 Å². The van der Waals surface area contributed by atoms with E-state index in [1.807, 2.05) is 24.3 Å². The molecule has 0 aliphatic rings. The van der Waals surface area contributed by atoms with Gasteiger partial charge in [0.15, 0.2) is 0 Å². The van der Waals surface area contributed by atoms with Crippen molar-refractivity contribution in [2.24, 2.45) is 11.5 Å². The Kier molecular flexibility index (Phi) is 39.9. The number of amides is 2. The first kappa shape index (κ1) is 62.1. The maximum Gasteiger partial charge on any atom is 0.358 e. The van der Waals surface area contributed by atoms with Crippen molar-refractivity contribution in [1.82, 2.24) is 10.6 Å². The van der Waals surface area contributed by atoms with Crippen LogP contribution in [0.1, 0.15) is 194 Å². The minimum atomic E-state index is -1.14. The van der Waals surface area contributed by atoms with Crippen molar-refractivity contribution in [3.63, 3.8) is 0 Å². The Morgan fingerprint density at radius 3 is 1.21 bits per heavy atom. The zero-order chi connectivity index (χ0) is 49.2. The number of aliphatic hydroxyl groups excluding tert-OH is 2. The molecule has 0 rings (SSSR count). The molecule has 0 spiro atoms. The lowest BCUT2D eigenvalue weighted by atomic mass is 10.0. The van der Waals surface area contributed by atoms with Gasteiger partial charge in [0.25, 0.3) is 0 Å². The molecule has 6 unspecified atom stereocenters. The molecule has 0 radical (unpaired) electrons. The molecule has 66 heavy (non-hydrogen) atoms. The van der Waals surface area contributed by atoms with Crippen LogP contribution in [0.3, 0.4) is 0 Å². The second-order valence-corrected chi connectivity index (χ2v) is 17.0. The van der Waals surface area contributed by atoms with E-state index in [4.69, 9.17) is 31.5 Å². The summed E-state index contributed by atoms with van der Waals surface area (Å²) in [6.07, 6.45) is 23.7. The number of hydrogen-bond donors (Lipinski definition) is 8. The zero-order valence-electron chi connectivity index (χ0n) is 40.0. The van der Waals surface area contributed by atoms with E-state index in [0.29, 0.717) is 51.6 Å². The van der Waals surface area contributed by atoms with Crippen molar-refractivity contribution in [2.75, 3.05) is 13.1 Å². The fourth-order valence-electron chi connectivity index (χ4n) is 6.97. The van der Waals surface area contributed by atoms with Crippen molar-refractivity contribution in [1.29, 1.82) is 0 Å². The standard InChI is InChI=1S/C48H86N4O14/c1-3-5-19-27-41(63-45(57)33-31-37(49)47(59)65-61)39(53)25-21-15-11-7-9-13-17-23-29-43(55)51-35-36-52-44(56)30-24-18-14-10-8-12-16-22-26-40(54)42(28-20-6-4-2)64-46(58)34-32-38(50)48(60)66-62/h15-16,21-22,37-42,53-54,61-62H,3-14,17-20,23-36,49-50H2,1-2H3,(H,51,55)(H,52,56). The number of esters is 2. The van der Waals surface area contributed by atoms with Crippen LogP contribution in [0.25, 0.3) is 0 Å². The molecular formula is C48H86N4O14. The quantitative estimate of drug-likeness (QED) is 0.00805. The van der Waals surface area contributed by atoms with E-state index >= 15 is 0 Å². The van der Waals surface area contributed by atoms with Gasteiger partial charge in [-0.1, -0.05) is 102 Å². The number of nitrogens with one attached hydrogen (secondary N) is 2. The van der Waals surface area contributed by atoms with Gasteiger partial charge in [-0.15, -0.1) is 0 Å². The number of ether oxygens (including phenoxy) is 2. The summed E-state index contributed by atoms with van der Waals surface area (Å²) in [6.45, 7) is 4.90. The lowest BCUT2D eigenvalue weighted by Gasteiger charge is -2.23. The Morgan fingerprint density at radius 2 is 0.848 bits per heavy atom. The molecule has 18 nitrogen and oxygen atoms in total. The van der Waals surface area contributed by atoms with Gasteiger partial charge in [0.05, 0.1) is 12.2 Å². The van der Waals surface area contributed by atoms with Crippen molar-refractivity contribution in [3.8, 4) is 0 Å². The van der Waals surface area contributed by atoms with Gasteiger partial charge in [-0.25, -0.2) is 9.59 Å². The molecule has 0 heterocycles. The maximum absolute atomic E-state index is 12.3. The largest absolute Gasteiger partial charge is 0.460 e. The number of carbonyl (C=O) groups is 6. The van der Waals surface area contributed by atoms with Crippen LogP contribution in [0.2, 0.25) is 0 Å². The summed E-state index contributed by atoms with van der Waals surface area (Å²) in [7, 11) is 0. The molecule has 10 N–H and O–H groups in total. The van der Waals surface area contributed by atoms with E-state index in [0.717, 1.165) is 116 Å². The minimum absolute atomic E-state index is 0.0254. The van der Waals surface area contributed by atoms with Gasteiger partial charge in [0, 0.05) is 38.8 Å². The summed E-state index contributed by atoms with van der Waals surface area (Å²) >= 11 is 0. The van der Waals surface area contributed by atoms with Gasteiger partial charge in [-0.2, -0.15) is 10.5 Å². The SMILES string of the molecule is CCCCCC(OC(=O)CCC(N)C(=O)OO)C(O)CC=CCCCCCCCC(=O)NCCNC(=O)CCCCCCCC=CCC(O)C(CCCCC)OC(=O)CCC(N)C(=O)OO. The number of rotatable bonds is 43. The summed E-state index contributed by atoms with van der Waals surface area (Å²) in [4.78, 5) is 78.8. The number of unbranched alkanes of at least 4 members (excludes halogenated alkanes) is 14. The molecular weight excluding hydrogens is 857 g/mol. The number of aliphatic hydroxyl groups is 2. The smallest absolute Gasteiger partial charge is 0.358 e. The molecule has 18 heteroatoms. The van der Waals surface area contributed by atoms with Crippen LogP contribution in [-0.2, 0) is 48.0 Å². The highest BCUT2D eigenvalue weighted by Gasteiger charge is 2.25. The van der Waals surface area contributed by atoms with Gasteiger partial charge >= 0.3 is 23.9 Å². The molecule has 0 saturated carbocycles. The van der Waals surface area contributed by atoms with Crippen molar-refractivity contribution < 1.29 is 68.7 Å². The lowest BCUT2D eigenvalue weighted by Crippen LogP contribution is -2.34. The number of hydrogen-bond acceptors (Lipinski definition) is 16. The number of allylic oxidation sites excluding steroid dienone is 2. The molecule has 0 aliphatic carbocycles. The van der Waals surface area contributed by atoms with Crippen LogP contribution in [-0.4, -0.2) is 106 Å². The van der Waals surface area contributed by atoms with Crippen LogP contribution in [0.5, 0.6) is 0 Å². The van der Waals surface area contributed by atoms with Crippen LogP contribution >= 0.6 is 0 Å². The third-order valence-corrected chi connectivity index (χ3v) is 11.1. The second kappa shape index (κ2) is 42.4. The molecule has 0 aliphatic heterocycles. The van der Waals surface area contributed by atoms with Crippen molar-refractivity contribution in [2.45, 2.75) is 230 Å². The van der Waals surface area contributed by atoms with Gasteiger partial charge < -0.3 is 41.8 Å². The average Bonchev–Trinajstić information content (AvgIpc) is 3.31. The van der Waals surface area contributed by atoms with E-state index < -0.39 is 60.4 Å². The molecule has 0 aromatic carbocycles. The zero-order valence-corrected chi connectivity index (χ0v) is 40.0. The third-order valence-electron chi connectivity index (χ3n) is 11.1. The first-order chi connectivity index (χ1) is 31.8. The Hall–Kier alpha value is -3.94. The lowest BCUT2D eigenvalue weighted by molar-refractivity contribution is -0.236. The Balaban J connectivity index is 4.03. The van der Waals surface area contributed by atoms with E-state index in [1.54, 1.807) is 0 Å². The van der Waals surface area contributed by atoms with E-state index in [1.165, 1.54) is 0 Å². The topological polar surface area (TPSA) is 296 Å². The summed E-state index contributed by atoms with van der Waals surface area (Å²) in [5.74, 6) is -3.25. The van der Waals surface area contributed by atoms with E-state index in [9.17, 15) is 39.0 Å². The highest BCUT2D eigenvalue weighted by Crippen LogP contribution is 2.18. The Labute approximate surface area is 393 Å². The van der Waals surface area contributed by atoms with Crippen LogP contribution < -0.4 is 22.1 Å². The van der Waals surface area contributed by atoms with Crippen LogP contribution in [0.15, 0.2) is 24.3 Å². The first-order valence-corrected chi connectivity index (χ1v) is 24.6. The molecule has 2 amide bonds. The highest BCUT2D eigenvalue weighted by atomic mass is 17.1. The molecule has 6 atom stereocenters. The first-order valence-electron chi connectivity index (χ1n) is 24.6. The summed E-state index contributed by atoms with van der Waals surface area (Å²) < 4.78 is 11.0. The normalized spacial score (nSPS) is 14.2. The van der Waals surface area contributed by atoms with Gasteiger partial charge in [0.1, 0.15) is 24.3 Å². The monoisotopic (exact) mass is 943 g/mol. The fraction of sp³-hybridized carbons (Fsp3) is 0.792. The highest BCUT2D eigenvalue weighted by molar-refractivity contribution is 5.78. The van der Waals surface area contributed by atoms with Crippen LogP contribution in [0.4, 0.5) is 0 Å². The molecule has 0 aromatic heterocycles. The number of carbonyl (C=O) groups excluding carboxylic acids is 6. The summed E-state index contributed by atoms with van der Waals surface area (Å²) in [6, 6.07) is -2.28. The third kappa shape index (κ3) is 35.3. The predicted molar refractivity (Wildman–Crippen MR) is 250 cm³/mol. The van der Waals surface area contributed by atoms with E-state index in [2.05, 4.69) is 34.3 Å². The molecule has 0 bridgehead atoms. The molecule has 0 aromatic rings. The average molecular weight is 943 g/mol. The van der Waals surface area contributed by atoms with E-state index in [-0.39, 0.29) is 37.5 Å². The predicted octanol–water partition coefficient (Wildman–Crippen LogP) is 6.53. The molecule has 382 valence electrons. The molecule has 0 saturated heterocycles. The number of nitrogens with two attached hydrogens (primary N) is 2.